The lowest BCUT2D eigenvalue weighted by Gasteiger charge is -2.11. The van der Waals surface area contributed by atoms with Gasteiger partial charge in [0.25, 0.3) is 4.38 Å². The lowest BCUT2D eigenvalue weighted by Crippen LogP contribution is -2.22. The summed E-state index contributed by atoms with van der Waals surface area (Å²) >= 11 is 3.07. The quantitative estimate of drug-likeness (QED) is 0.266. The molecule has 3 aromatic rings. The van der Waals surface area contributed by atoms with E-state index in [0.29, 0.717) is 17.3 Å². The van der Waals surface area contributed by atoms with Crippen LogP contribution in [-0.4, -0.2) is 41.1 Å². The molecule has 0 aromatic heterocycles. The first kappa shape index (κ1) is 26.0. The van der Waals surface area contributed by atoms with E-state index in [1.165, 1.54) is 23.9 Å². The third kappa shape index (κ3) is 5.67. The average molecular weight is 541 g/mol. The molecule has 186 valence electrons. The maximum atomic E-state index is 13.1. The molecular weight excluding hydrogens is 516 g/mol. The molecule has 0 atom stereocenters. The van der Waals surface area contributed by atoms with Gasteiger partial charge in [0, 0.05) is 24.4 Å². The SMILES string of the molecule is CSC1=[N+](Cc2ccccc2)C(=O)C(=C2Oc3ccccc3N2C)S1.Cc1ccc(S(=O)(=O)[O-])cc1. The van der Waals surface area contributed by atoms with Crippen molar-refractivity contribution >= 4 is 49.6 Å². The lowest BCUT2D eigenvalue weighted by atomic mass is 10.2. The van der Waals surface area contributed by atoms with Gasteiger partial charge < -0.3 is 14.2 Å². The maximum absolute atomic E-state index is 13.1. The number of hydrogen-bond donors (Lipinski definition) is 0. The molecule has 0 fully saturated rings. The van der Waals surface area contributed by atoms with E-state index in [4.69, 9.17) is 4.74 Å². The highest BCUT2D eigenvalue weighted by Crippen LogP contribution is 2.43. The molecule has 2 aliphatic heterocycles. The van der Waals surface area contributed by atoms with Gasteiger partial charge in [-0.1, -0.05) is 71.9 Å². The van der Waals surface area contributed by atoms with Gasteiger partial charge in [0.15, 0.2) is 17.2 Å². The summed E-state index contributed by atoms with van der Waals surface area (Å²) in [5, 5.41) is 0. The van der Waals surface area contributed by atoms with Gasteiger partial charge in [-0.2, -0.15) is 0 Å². The summed E-state index contributed by atoms with van der Waals surface area (Å²) in [5.41, 5.74) is 3.02. The molecule has 10 heteroatoms. The van der Waals surface area contributed by atoms with E-state index >= 15 is 0 Å². The van der Waals surface area contributed by atoms with E-state index in [9.17, 15) is 17.8 Å². The lowest BCUT2D eigenvalue weighted by molar-refractivity contribution is -0.453. The molecule has 0 radical (unpaired) electrons. The number of amides is 1. The van der Waals surface area contributed by atoms with Crippen LogP contribution < -0.4 is 9.64 Å². The van der Waals surface area contributed by atoms with Gasteiger partial charge in [0.2, 0.25) is 5.88 Å². The fraction of sp³-hybridized carbons (Fsp3) is 0.154. The second kappa shape index (κ2) is 10.9. The van der Waals surface area contributed by atoms with Crippen molar-refractivity contribution in [2.75, 3.05) is 18.2 Å². The van der Waals surface area contributed by atoms with Crippen LogP contribution >= 0.6 is 23.5 Å². The number of para-hydroxylation sites is 2. The average Bonchev–Trinajstić information content (AvgIpc) is 3.36. The molecule has 2 aliphatic rings. The fourth-order valence-corrected chi connectivity index (χ4v) is 5.90. The number of nitrogens with zero attached hydrogens (tertiary/aromatic N) is 2. The van der Waals surface area contributed by atoms with Crippen LogP contribution in [0, 0.1) is 6.92 Å². The van der Waals surface area contributed by atoms with E-state index in [2.05, 4.69) is 0 Å². The number of anilines is 1. The normalized spacial score (nSPS) is 17.0. The minimum atomic E-state index is -4.27. The van der Waals surface area contributed by atoms with Crippen LogP contribution in [0.15, 0.2) is 94.5 Å². The first-order valence-electron chi connectivity index (χ1n) is 10.9. The molecule has 0 aliphatic carbocycles. The van der Waals surface area contributed by atoms with Crippen LogP contribution in [0.5, 0.6) is 5.75 Å². The molecule has 7 nitrogen and oxygen atoms in total. The van der Waals surface area contributed by atoms with Crippen LogP contribution in [-0.2, 0) is 21.5 Å². The summed E-state index contributed by atoms with van der Waals surface area (Å²) in [7, 11) is -2.34. The van der Waals surface area contributed by atoms with Crippen molar-refractivity contribution in [2.24, 2.45) is 0 Å². The van der Waals surface area contributed by atoms with Crippen LogP contribution in [0.3, 0.4) is 0 Å². The highest BCUT2D eigenvalue weighted by Gasteiger charge is 2.43. The number of rotatable bonds is 3. The molecule has 36 heavy (non-hydrogen) atoms. The molecule has 2 heterocycles. The Bertz CT molecular complexity index is 1450. The molecular formula is C26H24N2O5S3. The minimum absolute atomic E-state index is 0.00661. The van der Waals surface area contributed by atoms with E-state index in [-0.39, 0.29) is 10.8 Å². The number of fused-ring (bicyclic) bond motifs is 1. The Balaban J connectivity index is 0.000000233. The Morgan fingerprint density at radius 2 is 1.64 bits per heavy atom. The van der Waals surface area contributed by atoms with E-state index in [0.717, 1.165) is 26.9 Å². The van der Waals surface area contributed by atoms with E-state index < -0.39 is 10.1 Å². The van der Waals surface area contributed by atoms with Gasteiger partial charge in [-0.05, 0) is 37.4 Å². The molecule has 0 spiro atoms. The molecule has 0 unspecified atom stereocenters. The third-order valence-corrected chi connectivity index (χ3v) is 8.57. The number of ether oxygens (including phenoxy) is 1. The van der Waals surface area contributed by atoms with Crippen LogP contribution in [0.25, 0.3) is 0 Å². The van der Waals surface area contributed by atoms with Crippen molar-refractivity contribution in [3.63, 3.8) is 0 Å². The van der Waals surface area contributed by atoms with Crippen molar-refractivity contribution in [1.82, 2.24) is 0 Å². The third-order valence-electron chi connectivity index (χ3n) is 5.45. The Morgan fingerprint density at radius 3 is 2.25 bits per heavy atom. The number of carbonyl (C=O) groups excluding carboxylic acids is 1. The topological polar surface area (TPSA) is 89.8 Å². The molecule has 0 saturated heterocycles. The van der Waals surface area contributed by atoms with Gasteiger partial charge in [0.05, 0.1) is 10.6 Å². The smallest absolute Gasteiger partial charge is 0.433 e. The number of thioether (sulfide) groups is 2. The monoisotopic (exact) mass is 540 g/mol. The van der Waals surface area contributed by atoms with Gasteiger partial charge in [-0.25, -0.2) is 13.2 Å². The molecule has 1 amide bonds. The van der Waals surface area contributed by atoms with E-state index in [1.54, 1.807) is 23.9 Å². The Morgan fingerprint density at radius 1 is 1.00 bits per heavy atom. The van der Waals surface area contributed by atoms with Crippen LogP contribution in [0.4, 0.5) is 5.69 Å². The predicted molar refractivity (Wildman–Crippen MR) is 143 cm³/mol. The van der Waals surface area contributed by atoms with Gasteiger partial charge in [-0.3, -0.25) is 0 Å². The zero-order valence-corrected chi connectivity index (χ0v) is 22.3. The summed E-state index contributed by atoms with van der Waals surface area (Å²) in [6.45, 7) is 2.39. The molecule has 3 aromatic carbocycles. The van der Waals surface area contributed by atoms with Crippen molar-refractivity contribution < 1.29 is 27.1 Å². The van der Waals surface area contributed by atoms with Crippen LogP contribution in [0.2, 0.25) is 0 Å². The Labute approximate surface area is 219 Å². The highest BCUT2D eigenvalue weighted by atomic mass is 32.2. The standard InChI is InChI=1S/C19H17N2O2S2.C7H8O3S/c1-20-14-10-6-7-11-15(14)23-18(20)16-17(22)21(19(24-2)25-16)12-13-8-4-3-5-9-13;1-6-2-4-7(5-3-6)11(8,9)10/h3-11H,12H2,1-2H3;2-5H,1H3,(H,8,9,10)/q+1;/p-1. The van der Waals surface area contributed by atoms with Crippen molar-refractivity contribution in [3.8, 4) is 5.75 Å². The summed E-state index contributed by atoms with van der Waals surface area (Å²) in [6, 6.07) is 23.6. The molecule has 0 bridgehead atoms. The largest absolute Gasteiger partial charge is 0.744 e. The van der Waals surface area contributed by atoms with Gasteiger partial charge in [-0.15, -0.1) is 4.58 Å². The molecule has 0 N–H and O–H groups in total. The van der Waals surface area contributed by atoms with Crippen LogP contribution in [0.1, 0.15) is 11.1 Å². The fourth-order valence-electron chi connectivity index (χ4n) is 3.59. The summed E-state index contributed by atoms with van der Waals surface area (Å²) in [5.74, 6) is 1.39. The Kier molecular flexibility index (Phi) is 7.89. The minimum Gasteiger partial charge on any atom is -0.744 e. The first-order valence-corrected chi connectivity index (χ1v) is 14.4. The zero-order valence-electron chi connectivity index (χ0n) is 19.9. The second-order valence-corrected chi connectivity index (χ2v) is 11.4. The number of benzene rings is 3. The second-order valence-electron chi connectivity index (χ2n) is 7.98. The first-order chi connectivity index (χ1) is 17.2. The molecule has 5 rings (SSSR count). The Hall–Kier alpha value is -3.05. The maximum Gasteiger partial charge on any atom is 0.433 e. The predicted octanol–water partition coefficient (Wildman–Crippen LogP) is 4.79. The number of carbonyl (C=O) groups is 1. The summed E-state index contributed by atoms with van der Waals surface area (Å²) < 4.78 is 39.9. The zero-order chi connectivity index (χ0) is 25.9. The van der Waals surface area contributed by atoms with Crippen molar-refractivity contribution in [1.29, 1.82) is 0 Å². The summed E-state index contributed by atoms with van der Waals surface area (Å²) in [6.07, 6.45) is 2.00. The van der Waals surface area contributed by atoms with Gasteiger partial charge in [0.1, 0.15) is 10.1 Å². The summed E-state index contributed by atoms with van der Waals surface area (Å²) in [4.78, 5) is 15.5. The highest BCUT2D eigenvalue weighted by molar-refractivity contribution is 8.40. The molecule has 0 saturated carbocycles. The van der Waals surface area contributed by atoms with Crippen molar-refractivity contribution in [2.45, 2.75) is 18.4 Å². The van der Waals surface area contributed by atoms with E-state index in [1.807, 2.05) is 84.3 Å². The number of hydrogen-bond acceptors (Lipinski definition) is 8. The van der Waals surface area contributed by atoms with Gasteiger partial charge >= 0.3 is 5.91 Å². The number of aryl methyl sites for hydroxylation is 1. The van der Waals surface area contributed by atoms with Crippen molar-refractivity contribution in [3.05, 3.63) is 101 Å².